The van der Waals surface area contributed by atoms with Gasteiger partial charge in [-0.1, -0.05) is 30.1 Å². The summed E-state index contributed by atoms with van der Waals surface area (Å²) < 4.78 is 1.17. The van der Waals surface area contributed by atoms with Crippen LogP contribution in [0, 0.1) is 0 Å². The maximum absolute atomic E-state index is 2.80. The molecule has 0 saturated carbocycles. The number of halogens is 1. The van der Waals surface area contributed by atoms with Gasteiger partial charge >= 0.3 is 0 Å². The van der Waals surface area contributed by atoms with E-state index in [1.54, 1.807) is 0 Å². The molecule has 1 unspecified atom stereocenters. The molecule has 0 heterocycles. The summed E-state index contributed by atoms with van der Waals surface area (Å²) in [7, 11) is 1.05. The Morgan fingerprint density at radius 2 is 1.40 bits per heavy atom. The molecule has 0 saturated heterocycles. The molecule has 10 heavy (non-hydrogen) atoms. The summed E-state index contributed by atoms with van der Waals surface area (Å²) in [6.45, 7) is 10.2. The fourth-order valence-electron chi connectivity index (χ4n) is 1.59. The Balaban J connectivity index is 4.15. The van der Waals surface area contributed by atoms with Gasteiger partial charge in [-0.2, -0.15) is 0 Å². The second kappa shape index (κ2) is 5.28. The maximum atomic E-state index is 2.80. The third kappa shape index (κ3) is 2.58. The Hall–Kier alpha value is 1.60. The van der Waals surface area contributed by atoms with Crippen molar-refractivity contribution in [2.75, 3.05) is 0 Å². The standard InChI is InChI=1S/C5H19ISi4/c1-7-5(8-2,9-3)10(4)6/h10H,7-9H2,1-4H3. The van der Waals surface area contributed by atoms with E-state index in [-0.39, 0.29) is 6.29 Å². The molecular weight excluding hydrogens is 299 g/mol. The van der Waals surface area contributed by atoms with Gasteiger partial charge in [0.15, 0.2) is 0 Å². The molecule has 0 aliphatic carbocycles. The van der Waals surface area contributed by atoms with Crippen molar-refractivity contribution in [2.24, 2.45) is 0 Å². The Morgan fingerprint density at radius 1 is 1.10 bits per heavy atom. The summed E-state index contributed by atoms with van der Waals surface area (Å²) in [5.74, 6) is 0. The van der Waals surface area contributed by atoms with Gasteiger partial charge in [0.05, 0.1) is 0 Å². The van der Waals surface area contributed by atoms with Crippen molar-refractivity contribution in [3.8, 4) is 0 Å². The SMILES string of the molecule is C[SiH2]C([SiH2]C)([SiH2]C)[SiH](C)I. The highest BCUT2D eigenvalue weighted by molar-refractivity contribution is 14.1. The largest absolute Gasteiger partial charge is 0.124 e. The molecule has 62 valence electrons. The van der Waals surface area contributed by atoms with E-state index in [1.165, 1.54) is 3.91 Å². The van der Waals surface area contributed by atoms with Gasteiger partial charge in [0, 0.05) is 28.6 Å². The van der Waals surface area contributed by atoms with Crippen molar-refractivity contribution < 1.29 is 0 Å². The van der Waals surface area contributed by atoms with Gasteiger partial charge in [-0.05, 0) is 0 Å². The van der Waals surface area contributed by atoms with E-state index in [0.717, 1.165) is 0 Å². The zero-order valence-corrected chi connectivity index (χ0v) is 15.1. The van der Waals surface area contributed by atoms with Crippen molar-refractivity contribution >= 4 is 56.6 Å². The molecular formula is C5H19ISi4. The van der Waals surface area contributed by atoms with Gasteiger partial charge in [-0.3, -0.25) is 0 Å². The summed E-state index contributed by atoms with van der Waals surface area (Å²) in [4.78, 5) is 0. The molecule has 0 aromatic rings. The molecule has 0 N–H and O–H groups in total. The van der Waals surface area contributed by atoms with Crippen LogP contribution in [0.3, 0.4) is 0 Å². The average Bonchev–Trinajstić information content (AvgIpc) is 1.92. The Kier molecular flexibility index (Phi) is 6.12. The fourth-order valence-corrected chi connectivity index (χ4v) is 26.2. The van der Waals surface area contributed by atoms with Crippen LogP contribution >= 0.6 is 21.8 Å². The van der Waals surface area contributed by atoms with Crippen molar-refractivity contribution in [3.05, 3.63) is 0 Å². The molecule has 0 fully saturated rings. The first-order chi connectivity index (χ1) is 4.63. The van der Waals surface area contributed by atoms with E-state index in [0.29, 0.717) is 28.6 Å². The summed E-state index contributed by atoms with van der Waals surface area (Å²) in [5, 5.41) is 0. The van der Waals surface area contributed by atoms with Gasteiger partial charge in [-0.15, -0.1) is 21.8 Å². The van der Waals surface area contributed by atoms with Gasteiger partial charge in [0.1, 0.15) is 6.29 Å². The Morgan fingerprint density at radius 3 is 1.40 bits per heavy atom. The van der Waals surface area contributed by atoms with E-state index < -0.39 is 0 Å². The summed E-state index contributed by atoms with van der Waals surface area (Å²) in [5.41, 5.74) is 0. The van der Waals surface area contributed by atoms with E-state index in [1.807, 2.05) is 0 Å². The van der Waals surface area contributed by atoms with Crippen molar-refractivity contribution in [1.82, 2.24) is 0 Å². The van der Waals surface area contributed by atoms with Gasteiger partial charge in [-0.25, -0.2) is 0 Å². The van der Waals surface area contributed by atoms with Crippen molar-refractivity contribution in [3.63, 3.8) is 0 Å². The van der Waals surface area contributed by atoms with Crippen LogP contribution in [0.1, 0.15) is 0 Å². The van der Waals surface area contributed by atoms with Crippen LogP contribution in [-0.4, -0.2) is 34.9 Å². The lowest BCUT2D eigenvalue weighted by molar-refractivity contribution is 1.51. The minimum Gasteiger partial charge on any atom is -0.124 e. The quantitative estimate of drug-likeness (QED) is 0.390. The first kappa shape index (κ1) is 11.6. The van der Waals surface area contributed by atoms with Crippen LogP contribution in [0.15, 0.2) is 0 Å². The smallest absolute Gasteiger partial charge is 0.103 e. The van der Waals surface area contributed by atoms with E-state index in [4.69, 9.17) is 0 Å². The highest BCUT2D eigenvalue weighted by Crippen LogP contribution is 2.28. The van der Waals surface area contributed by atoms with Crippen molar-refractivity contribution in [1.29, 1.82) is 0 Å². The van der Waals surface area contributed by atoms with Gasteiger partial charge in [0.2, 0.25) is 0 Å². The molecule has 0 amide bonds. The van der Waals surface area contributed by atoms with Crippen LogP contribution in [0.5, 0.6) is 0 Å². The van der Waals surface area contributed by atoms with Crippen LogP contribution < -0.4 is 0 Å². The van der Waals surface area contributed by atoms with Crippen LogP contribution in [0.25, 0.3) is 0 Å². The predicted octanol–water partition coefficient (Wildman–Crippen LogP) is 0.0386. The average molecular weight is 318 g/mol. The minimum absolute atomic E-state index is 0.266. The highest BCUT2D eigenvalue weighted by Gasteiger charge is 2.30. The summed E-state index contributed by atoms with van der Waals surface area (Å²) >= 11 is 2.80. The normalized spacial score (nSPS) is 23.7. The Labute approximate surface area is 86.2 Å². The number of hydrogen-bond acceptors (Lipinski definition) is 0. The van der Waals surface area contributed by atoms with Crippen molar-refractivity contribution in [2.45, 2.75) is 30.1 Å². The van der Waals surface area contributed by atoms with E-state index in [2.05, 4.69) is 48.0 Å². The maximum Gasteiger partial charge on any atom is 0.103 e. The molecule has 0 aliphatic heterocycles. The van der Waals surface area contributed by atoms with Crippen LogP contribution in [0.4, 0.5) is 0 Å². The molecule has 1 atom stereocenters. The second-order valence-electron chi connectivity index (χ2n) is 3.04. The zero-order chi connectivity index (χ0) is 8.20. The molecule has 5 heteroatoms. The molecule has 0 radical (unpaired) electrons. The van der Waals surface area contributed by atoms with E-state index in [9.17, 15) is 0 Å². The lowest BCUT2D eigenvalue weighted by Gasteiger charge is -2.31. The molecule has 0 bridgehead atoms. The molecule has 0 aromatic carbocycles. The molecule has 0 rings (SSSR count). The molecule has 0 nitrogen and oxygen atoms in total. The first-order valence-electron chi connectivity index (χ1n) is 4.27. The zero-order valence-electron chi connectivity index (χ0n) is 7.58. The highest BCUT2D eigenvalue weighted by atomic mass is 127. The fraction of sp³-hybridized carbons (Fsp3) is 1.00. The number of hydrogen-bond donors (Lipinski definition) is 0. The lowest BCUT2D eigenvalue weighted by atomic mass is 11.7. The lowest BCUT2D eigenvalue weighted by Crippen LogP contribution is -2.39. The van der Waals surface area contributed by atoms with Gasteiger partial charge in [0.25, 0.3) is 0 Å². The monoisotopic (exact) mass is 318 g/mol. The molecule has 0 spiro atoms. The minimum atomic E-state index is -0.266. The summed E-state index contributed by atoms with van der Waals surface area (Å²) in [6, 6.07) is 0. The topological polar surface area (TPSA) is 0 Å². The first-order valence-corrected chi connectivity index (χ1v) is 16.5. The third-order valence-electron chi connectivity index (χ3n) is 2.96. The van der Waals surface area contributed by atoms with Crippen LogP contribution in [0.2, 0.25) is 30.1 Å². The van der Waals surface area contributed by atoms with Gasteiger partial charge < -0.3 is 0 Å². The molecule has 0 aromatic heterocycles. The predicted molar refractivity (Wildman–Crippen MR) is 73.0 cm³/mol. The third-order valence-corrected chi connectivity index (χ3v) is 38.5. The van der Waals surface area contributed by atoms with Crippen LogP contribution in [-0.2, 0) is 0 Å². The summed E-state index contributed by atoms with van der Waals surface area (Å²) in [6.07, 6.45) is -0.266. The number of rotatable bonds is 4. The van der Waals surface area contributed by atoms with E-state index >= 15 is 0 Å². The second-order valence-corrected chi connectivity index (χ2v) is 22.9. The Bertz CT molecular complexity index is 83.4. The molecule has 0 aliphatic rings.